The molecule has 1 aromatic heterocycles. The number of nitrogens with one attached hydrogen (secondary N) is 1. The Hall–Kier alpha value is -2.06. The standard InChI is InChI=1S/C13H18F3N3O3/c1-3-5-6-9(12(21)22)17-11(20)8-7-19(4-2)18-10(8)13(14,15)16/h7,9H,3-6H2,1-2H3,(H,17,20)(H,21,22)/t9-/m0/s1. The van der Waals surface area contributed by atoms with Gasteiger partial charge in [0.25, 0.3) is 5.91 Å². The summed E-state index contributed by atoms with van der Waals surface area (Å²) in [6.45, 7) is 3.58. The second kappa shape index (κ2) is 7.28. The molecule has 0 unspecified atom stereocenters. The van der Waals surface area contributed by atoms with Crippen LogP contribution in [-0.4, -0.2) is 32.8 Å². The van der Waals surface area contributed by atoms with Crippen molar-refractivity contribution < 1.29 is 27.9 Å². The smallest absolute Gasteiger partial charge is 0.435 e. The van der Waals surface area contributed by atoms with E-state index in [1.54, 1.807) is 6.92 Å². The number of unbranched alkanes of at least 4 members (excludes halogenated alkanes) is 1. The summed E-state index contributed by atoms with van der Waals surface area (Å²) >= 11 is 0. The Kier molecular flexibility index (Phi) is 5.95. The first-order valence-corrected chi connectivity index (χ1v) is 6.89. The lowest BCUT2D eigenvalue weighted by atomic mass is 10.1. The number of alkyl halides is 3. The van der Waals surface area contributed by atoms with Gasteiger partial charge in [-0.25, -0.2) is 4.79 Å². The number of carboxylic acid groups (broad SMARTS) is 1. The Balaban J connectivity index is 3.01. The molecule has 0 aliphatic heterocycles. The lowest BCUT2D eigenvalue weighted by molar-refractivity contribution is -0.141. The summed E-state index contributed by atoms with van der Waals surface area (Å²) in [7, 11) is 0. The van der Waals surface area contributed by atoms with Gasteiger partial charge in [-0.05, 0) is 13.3 Å². The number of halogens is 3. The maximum absolute atomic E-state index is 12.9. The highest BCUT2D eigenvalue weighted by Crippen LogP contribution is 2.30. The molecule has 1 atom stereocenters. The summed E-state index contributed by atoms with van der Waals surface area (Å²) in [4.78, 5) is 23.0. The van der Waals surface area contributed by atoms with Crippen molar-refractivity contribution >= 4 is 11.9 Å². The van der Waals surface area contributed by atoms with Gasteiger partial charge < -0.3 is 10.4 Å². The topological polar surface area (TPSA) is 84.2 Å². The number of carbonyl (C=O) groups is 2. The molecule has 0 radical (unpaired) electrons. The molecule has 1 aromatic rings. The van der Waals surface area contributed by atoms with Crippen LogP contribution in [0.25, 0.3) is 0 Å². The molecule has 0 aliphatic rings. The van der Waals surface area contributed by atoms with Gasteiger partial charge in [0.2, 0.25) is 0 Å². The van der Waals surface area contributed by atoms with E-state index in [0.29, 0.717) is 12.8 Å². The summed E-state index contributed by atoms with van der Waals surface area (Å²) in [5.74, 6) is -2.37. The van der Waals surface area contributed by atoms with Gasteiger partial charge in [-0.3, -0.25) is 9.48 Å². The molecular formula is C13H18F3N3O3. The number of amides is 1. The molecule has 0 saturated heterocycles. The zero-order valence-electron chi connectivity index (χ0n) is 12.3. The van der Waals surface area contributed by atoms with Gasteiger partial charge in [0.1, 0.15) is 6.04 Å². The molecule has 0 fully saturated rings. The van der Waals surface area contributed by atoms with Crippen molar-refractivity contribution in [2.75, 3.05) is 0 Å². The number of hydrogen-bond donors (Lipinski definition) is 2. The quantitative estimate of drug-likeness (QED) is 0.807. The van der Waals surface area contributed by atoms with Crippen molar-refractivity contribution in [2.45, 2.75) is 51.9 Å². The van der Waals surface area contributed by atoms with Crippen molar-refractivity contribution in [1.82, 2.24) is 15.1 Å². The van der Waals surface area contributed by atoms with Crippen molar-refractivity contribution in [2.24, 2.45) is 0 Å². The Bertz CT molecular complexity index is 540. The monoisotopic (exact) mass is 321 g/mol. The summed E-state index contributed by atoms with van der Waals surface area (Å²) in [5, 5.41) is 14.5. The Labute approximate surface area is 125 Å². The molecule has 0 bridgehead atoms. The van der Waals surface area contributed by atoms with Crippen LogP contribution in [0.5, 0.6) is 0 Å². The highest BCUT2D eigenvalue weighted by Gasteiger charge is 2.39. The maximum atomic E-state index is 12.9. The first-order valence-electron chi connectivity index (χ1n) is 6.89. The highest BCUT2D eigenvalue weighted by atomic mass is 19.4. The first-order chi connectivity index (χ1) is 10.2. The molecule has 0 saturated carbocycles. The first kappa shape index (κ1) is 18.0. The Morgan fingerprint density at radius 2 is 2.05 bits per heavy atom. The molecule has 124 valence electrons. The fourth-order valence-electron chi connectivity index (χ4n) is 1.86. The molecule has 1 heterocycles. The van der Waals surface area contributed by atoms with E-state index in [1.807, 2.05) is 6.92 Å². The van der Waals surface area contributed by atoms with Gasteiger partial charge >= 0.3 is 12.1 Å². The SMILES string of the molecule is CCCC[C@H](NC(=O)c1cn(CC)nc1C(F)(F)F)C(=O)O. The molecule has 0 aromatic carbocycles. The molecule has 22 heavy (non-hydrogen) atoms. The van der Waals surface area contributed by atoms with Crippen molar-refractivity contribution in [1.29, 1.82) is 0 Å². The zero-order valence-corrected chi connectivity index (χ0v) is 12.3. The van der Waals surface area contributed by atoms with Crippen LogP contribution in [0.2, 0.25) is 0 Å². The zero-order chi connectivity index (χ0) is 16.9. The van der Waals surface area contributed by atoms with Gasteiger partial charge in [0, 0.05) is 12.7 Å². The number of carbonyl (C=O) groups excluding carboxylic acids is 1. The minimum absolute atomic E-state index is 0.154. The van der Waals surface area contributed by atoms with Crippen LogP contribution in [-0.2, 0) is 17.5 Å². The van der Waals surface area contributed by atoms with Crippen molar-refractivity contribution in [3.8, 4) is 0 Å². The largest absolute Gasteiger partial charge is 0.480 e. The van der Waals surface area contributed by atoms with Crippen LogP contribution in [0.1, 0.15) is 49.2 Å². The third-order valence-corrected chi connectivity index (χ3v) is 3.05. The minimum Gasteiger partial charge on any atom is -0.480 e. The lowest BCUT2D eigenvalue weighted by Crippen LogP contribution is -2.41. The molecule has 2 N–H and O–H groups in total. The van der Waals surface area contributed by atoms with Crippen molar-refractivity contribution in [3.63, 3.8) is 0 Å². The number of aryl methyl sites for hydroxylation is 1. The van der Waals surface area contributed by atoms with Crippen LogP contribution in [0.3, 0.4) is 0 Å². The summed E-state index contributed by atoms with van der Waals surface area (Å²) in [5.41, 5.74) is -1.98. The molecule has 9 heteroatoms. The summed E-state index contributed by atoms with van der Waals surface area (Å²) in [6, 6.07) is -1.22. The average Bonchev–Trinajstić information content (AvgIpc) is 2.87. The van der Waals surface area contributed by atoms with E-state index in [2.05, 4.69) is 10.4 Å². The predicted octanol–water partition coefficient (Wildman–Crippen LogP) is 2.29. The number of nitrogens with zero attached hydrogens (tertiary/aromatic N) is 2. The molecular weight excluding hydrogens is 303 g/mol. The summed E-state index contributed by atoms with van der Waals surface area (Å²) in [6.07, 6.45) is -2.41. The maximum Gasteiger partial charge on any atom is 0.435 e. The fourth-order valence-corrected chi connectivity index (χ4v) is 1.86. The number of carboxylic acids is 1. The molecule has 1 amide bonds. The van der Waals surface area contributed by atoms with Gasteiger partial charge in [-0.1, -0.05) is 19.8 Å². The number of hydrogen-bond acceptors (Lipinski definition) is 3. The Morgan fingerprint density at radius 1 is 1.41 bits per heavy atom. The highest BCUT2D eigenvalue weighted by molar-refractivity contribution is 5.97. The van der Waals surface area contributed by atoms with E-state index >= 15 is 0 Å². The molecule has 6 nitrogen and oxygen atoms in total. The predicted molar refractivity (Wildman–Crippen MR) is 71.3 cm³/mol. The van der Waals surface area contributed by atoms with Gasteiger partial charge in [0.05, 0.1) is 5.56 Å². The third kappa shape index (κ3) is 4.47. The Morgan fingerprint density at radius 3 is 2.50 bits per heavy atom. The van der Waals surface area contributed by atoms with E-state index < -0.39 is 35.4 Å². The van der Waals surface area contributed by atoms with Crippen LogP contribution < -0.4 is 5.32 Å². The molecule has 0 aliphatic carbocycles. The van der Waals surface area contributed by atoms with E-state index in [-0.39, 0.29) is 13.0 Å². The van der Waals surface area contributed by atoms with Gasteiger partial charge in [-0.15, -0.1) is 0 Å². The van der Waals surface area contributed by atoms with Gasteiger partial charge in [0.15, 0.2) is 5.69 Å². The van der Waals surface area contributed by atoms with Gasteiger partial charge in [-0.2, -0.15) is 18.3 Å². The second-order valence-electron chi connectivity index (χ2n) is 4.75. The third-order valence-electron chi connectivity index (χ3n) is 3.05. The van der Waals surface area contributed by atoms with E-state index in [4.69, 9.17) is 5.11 Å². The van der Waals surface area contributed by atoms with Crippen molar-refractivity contribution in [3.05, 3.63) is 17.5 Å². The lowest BCUT2D eigenvalue weighted by Gasteiger charge is -2.14. The van der Waals surface area contributed by atoms with Crippen LogP contribution >= 0.6 is 0 Å². The van der Waals surface area contributed by atoms with E-state index in [1.165, 1.54) is 0 Å². The molecule has 1 rings (SSSR count). The second-order valence-corrected chi connectivity index (χ2v) is 4.75. The van der Waals surface area contributed by atoms with E-state index in [9.17, 15) is 22.8 Å². The minimum atomic E-state index is -4.78. The number of aliphatic carboxylic acids is 1. The average molecular weight is 321 g/mol. The van der Waals surface area contributed by atoms with Crippen LogP contribution in [0.15, 0.2) is 6.20 Å². The van der Waals surface area contributed by atoms with Crippen LogP contribution in [0, 0.1) is 0 Å². The molecule has 0 spiro atoms. The number of rotatable bonds is 7. The normalized spacial score (nSPS) is 13.0. The fraction of sp³-hybridized carbons (Fsp3) is 0.615. The summed E-state index contributed by atoms with van der Waals surface area (Å²) < 4.78 is 39.6. The number of aromatic nitrogens is 2. The van der Waals surface area contributed by atoms with E-state index in [0.717, 1.165) is 10.9 Å². The van der Waals surface area contributed by atoms with Crippen LogP contribution in [0.4, 0.5) is 13.2 Å².